The van der Waals surface area contributed by atoms with Crippen LogP contribution in [0.4, 0.5) is 10.1 Å². The van der Waals surface area contributed by atoms with Crippen molar-refractivity contribution in [3.8, 4) is 5.75 Å². The van der Waals surface area contributed by atoms with Crippen LogP contribution in [0.25, 0.3) is 0 Å². The van der Waals surface area contributed by atoms with Gasteiger partial charge in [0.1, 0.15) is 11.6 Å². The van der Waals surface area contributed by atoms with E-state index in [1.165, 1.54) is 29.8 Å². The first-order chi connectivity index (χ1) is 14.4. The summed E-state index contributed by atoms with van der Waals surface area (Å²) in [6, 6.07) is 14.3. The molecule has 0 spiro atoms. The van der Waals surface area contributed by atoms with Gasteiger partial charge in [0.2, 0.25) is 0 Å². The van der Waals surface area contributed by atoms with E-state index >= 15 is 0 Å². The lowest BCUT2D eigenvalue weighted by Crippen LogP contribution is -2.48. The molecule has 2 aromatic carbocycles. The molecule has 6 nitrogen and oxygen atoms in total. The molecule has 0 aromatic heterocycles. The molecule has 0 saturated carbocycles. The third kappa shape index (κ3) is 6.18. The van der Waals surface area contributed by atoms with Gasteiger partial charge in [-0.05, 0) is 49.0 Å². The number of halogens is 1. The molecule has 0 bridgehead atoms. The molecule has 0 unspecified atom stereocenters. The Morgan fingerprint density at radius 3 is 2.30 bits per heavy atom. The van der Waals surface area contributed by atoms with E-state index in [0.29, 0.717) is 12.3 Å². The van der Waals surface area contributed by atoms with Crippen LogP contribution in [0.3, 0.4) is 0 Å². The first kappa shape index (κ1) is 22.1. The third-order valence-electron chi connectivity index (χ3n) is 5.45. The van der Waals surface area contributed by atoms with Crippen molar-refractivity contribution < 1.29 is 13.9 Å². The van der Waals surface area contributed by atoms with Crippen LogP contribution in [-0.2, 0) is 4.79 Å². The Bertz CT molecular complexity index is 803. The molecule has 7 heteroatoms. The number of hydrogen-bond donors (Lipinski definition) is 1. The molecule has 1 aliphatic rings. The van der Waals surface area contributed by atoms with Crippen LogP contribution in [-0.4, -0.2) is 76.2 Å². The minimum atomic E-state index is -0.331. The van der Waals surface area contributed by atoms with Gasteiger partial charge in [-0.25, -0.2) is 4.39 Å². The van der Waals surface area contributed by atoms with Gasteiger partial charge in [0.05, 0.1) is 6.04 Å². The number of carbonyl (C=O) groups excluding carboxylic acids is 1. The second kappa shape index (κ2) is 10.4. The Hall–Kier alpha value is -2.64. The minimum Gasteiger partial charge on any atom is -0.484 e. The van der Waals surface area contributed by atoms with E-state index in [1.54, 1.807) is 0 Å². The number of ether oxygens (including phenoxy) is 1. The number of nitrogens with one attached hydrogen (secondary N) is 1. The summed E-state index contributed by atoms with van der Waals surface area (Å²) in [5.74, 6) is -0.0492. The minimum absolute atomic E-state index is 0.0966. The number of hydrogen-bond acceptors (Lipinski definition) is 5. The van der Waals surface area contributed by atoms with Crippen molar-refractivity contribution in [2.45, 2.75) is 6.04 Å². The average Bonchev–Trinajstić information content (AvgIpc) is 2.75. The molecule has 0 radical (unpaired) electrons. The van der Waals surface area contributed by atoms with Crippen LogP contribution in [0.1, 0.15) is 11.6 Å². The Labute approximate surface area is 178 Å². The van der Waals surface area contributed by atoms with Crippen molar-refractivity contribution in [2.24, 2.45) is 0 Å². The van der Waals surface area contributed by atoms with E-state index in [1.807, 2.05) is 14.1 Å². The molecule has 1 saturated heterocycles. The lowest BCUT2D eigenvalue weighted by atomic mass is 10.0. The zero-order valence-electron chi connectivity index (χ0n) is 18.0. The zero-order chi connectivity index (χ0) is 21.5. The van der Waals surface area contributed by atoms with E-state index in [9.17, 15) is 9.18 Å². The quantitative estimate of drug-likeness (QED) is 0.719. The fraction of sp³-hybridized carbons (Fsp3) is 0.435. The lowest BCUT2D eigenvalue weighted by Gasteiger charge is -2.38. The van der Waals surface area contributed by atoms with Gasteiger partial charge in [0, 0.05) is 52.5 Å². The summed E-state index contributed by atoms with van der Waals surface area (Å²) in [4.78, 5) is 19.2. The van der Waals surface area contributed by atoms with Crippen LogP contribution in [0.15, 0.2) is 48.5 Å². The number of piperazine rings is 1. The lowest BCUT2D eigenvalue weighted by molar-refractivity contribution is -0.123. The highest BCUT2D eigenvalue weighted by Crippen LogP contribution is 2.24. The second-order valence-corrected chi connectivity index (χ2v) is 7.89. The van der Waals surface area contributed by atoms with Crippen molar-refractivity contribution >= 4 is 11.6 Å². The molecule has 1 atom stereocenters. The van der Waals surface area contributed by atoms with E-state index < -0.39 is 0 Å². The number of likely N-dealkylation sites (N-methyl/N-ethyl adjacent to an activating group) is 1. The first-order valence-corrected chi connectivity index (χ1v) is 10.3. The summed E-state index contributed by atoms with van der Waals surface area (Å²) in [5.41, 5.74) is 2.33. The third-order valence-corrected chi connectivity index (χ3v) is 5.45. The first-order valence-electron chi connectivity index (χ1n) is 10.3. The highest BCUT2D eigenvalue weighted by Gasteiger charge is 2.24. The normalized spacial score (nSPS) is 16.1. The average molecular weight is 415 g/mol. The number of benzene rings is 2. The standard InChI is InChI=1S/C23H31FN4O2/c1-26(2)20-8-4-18(5-9-20)22(28-14-12-27(3)13-15-28)16-25-23(29)17-30-21-10-6-19(24)7-11-21/h4-11,22H,12-17H2,1-3H3,(H,25,29)/t22-/m0/s1. The van der Waals surface area contributed by atoms with E-state index in [-0.39, 0.29) is 24.4 Å². The Morgan fingerprint density at radius 2 is 1.70 bits per heavy atom. The van der Waals surface area contributed by atoms with Crippen molar-refractivity contribution in [3.63, 3.8) is 0 Å². The van der Waals surface area contributed by atoms with Gasteiger partial charge in [-0.2, -0.15) is 0 Å². The fourth-order valence-corrected chi connectivity index (χ4v) is 3.53. The molecular formula is C23H31FN4O2. The van der Waals surface area contributed by atoms with Crippen molar-refractivity contribution in [1.29, 1.82) is 0 Å². The predicted molar refractivity (Wildman–Crippen MR) is 117 cm³/mol. The molecule has 1 amide bonds. The van der Waals surface area contributed by atoms with Gasteiger partial charge in [0.15, 0.2) is 6.61 Å². The molecule has 1 heterocycles. The maximum atomic E-state index is 13.0. The summed E-state index contributed by atoms with van der Waals surface area (Å²) in [6.07, 6.45) is 0. The molecule has 1 aliphatic heterocycles. The molecular weight excluding hydrogens is 383 g/mol. The highest BCUT2D eigenvalue weighted by molar-refractivity contribution is 5.77. The Morgan fingerprint density at radius 1 is 1.07 bits per heavy atom. The molecule has 3 rings (SSSR count). The molecule has 162 valence electrons. The summed E-state index contributed by atoms with van der Waals surface area (Å²) >= 11 is 0. The molecule has 1 N–H and O–H groups in total. The second-order valence-electron chi connectivity index (χ2n) is 7.89. The number of carbonyl (C=O) groups is 1. The maximum Gasteiger partial charge on any atom is 0.258 e. The zero-order valence-corrected chi connectivity index (χ0v) is 18.0. The van der Waals surface area contributed by atoms with Gasteiger partial charge < -0.3 is 19.9 Å². The number of rotatable bonds is 8. The smallest absolute Gasteiger partial charge is 0.258 e. The maximum absolute atomic E-state index is 13.0. The molecule has 30 heavy (non-hydrogen) atoms. The van der Waals surface area contributed by atoms with E-state index in [4.69, 9.17) is 4.74 Å². The largest absolute Gasteiger partial charge is 0.484 e. The summed E-state index contributed by atoms with van der Waals surface area (Å²) in [6.45, 7) is 4.34. The van der Waals surface area contributed by atoms with Crippen LogP contribution in [0.2, 0.25) is 0 Å². The Kier molecular flexibility index (Phi) is 7.65. The number of amides is 1. The predicted octanol–water partition coefficient (Wildman–Crippen LogP) is 2.38. The van der Waals surface area contributed by atoms with Crippen LogP contribution >= 0.6 is 0 Å². The van der Waals surface area contributed by atoms with Crippen LogP contribution in [0.5, 0.6) is 5.75 Å². The summed E-state index contributed by atoms with van der Waals surface area (Å²) < 4.78 is 18.4. The van der Waals surface area contributed by atoms with Crippen LogP contribution in [0, 0.1) is 5.82 Å². The monoisotopic (exact) mass is 414 g/mol. The van der Waals surface area contributed by atoms with Gasteiger partial charge >= 0.3 is 0 Å². The van der Waals surface area contributed by atoms with E-state index in [2.05, 4.69) is 51.3 Å². The summed E-state index contributed by atoms with van der Waals surface area (Å²) in [5, 5.41) is 3.01. The van der Waals surface area contributed by atoms with Crippen molar-refractivity contribution in [1.82, 2.24) is 15.1 Å². The van der Waals surface area contributed by atoms with E-state index in [0.717, 1.165) is 31.9 Å². The number of anilines is 1. The van der Waals surface area contributed by atoms with Gasteiger partial charge in [-0.1, -0.05) is 12.1 Å². The Balaban J connectivity index is 1.61. The fourth-order valence-electron chi connectivity index (χ4n) is 3.53. The van der Waals surface area contributed by atoms with Gasteiger partial charge in [0.25, 0.3) is 5.91 Å². The molecule has 1 fully saturated rings. The SMILES string of the molecule is CN1CCN([C@@H](CNC(=O)COc2ccc(F)cc2)c2ccc(N(C)C)cc2)CC1. The van der Waals surface area contributed by atoms with Crippen LogP contribution < -0.4 is 15.0 Å². The summed E-state index contributed by atoms with van der Waals surface area (Å²) in [7, 11) is 6.18. The molecule has 2 aromatic rings. The topological polar surface area (TPSA) is 48.1 Å². The van der Waals surface area contributed by atoms with Crippen molar-refractivity contribution in [3.05, 3.63) is 59.9 Å². The van der Waals surface area contributed by atoms with Gasteiger partial charge in [-0.3, -0.25) is 9.69 Å². The highest BCUT2D eigenvalue weighted by atomic mass is 19.1. The number of nitrogens with zero attached hydrogens (tertiary/aromatic N) is 3. The van der Waals surface area contributed by atoms with Crippen molar-refractivity contribution in [2.75, 3.05) is 65.4 Å². The van der Waals surface area contributed by atoms with Gasteiger partial charge in [-0.15, -0.1) is 0 Å². The molecule has 0 aliphatic carbocycles.